The Hall–Kier alpha value is -1.64. The maximum Gasteiger partial charge on any atom is 0.00174 e. The highest BCUT2D eigenvalue weighted by Gasteiger charge is 2.04. The van der Waals surface area contributed by atoms with E-state index in [9.17, 15) is 0 Å². The summed E-state index contributed by atoms with van der Waals surface area (Å²) in [5.74, 6) is 1.19. The molecule has 2 atom stereocenters. The van der Waals surface area contributed by atoms with Gasteiger partial charge in [0.2, 0.25) is 0 Å². The second-order valence-corrected chi connectivity index (χ2v) is 7.80. The molecular weight excluding hydrogens is 328 g/mol. The summed E-state index contributed by atoms with van der Waals surface area (Å²) < 4.78 is 0. The first-order valence-electron chi connectivity index (χ1n) is 10.8. The van der Waals surface area contributed by atoms with Crippen molar-refractivity contribution in [2.24, 2.45) is 0 Å². The van der Waals surface area contributed by atoms with Crippen molar-refractivity contribution in [3.63, 3.8) is 0 Å². The summed E-state index contributed by atoms with van der Waals surface area (Å²) in [5.41, 5.74) is 2.86. The van der Waals surface area contributed by atoms with E-state index in [1.165, 1.54) is 43.2 Å². The van der Waals surface area contributed by atoms with Gasteiger partial charge in [-0.25, -0.2) is 0 Å². The Balaban J connectivity index is 1.38. The molecule has 0 amide bonds. The van der Waals surface area contributed by atoms with E-state index in [2.05, 4.69) is 85.1 Å². The maximum absolute atomic E-state index is 3.61. The van der Waals surface area contributed by atoms with Gasteiger partial charge >= 0.3 is 0 Å². The van der Waals surface area contributed by atoms with Crippen LogP contribution in [0.5, 0.6) is 0 Å². The van der Waals surface area contributed by atoms with Crippen LogP contribution in [-0.2, 0) is 0 Å². The lowest BCUT2D eigenvalue weighted by Gasteiger charge is -2.13. The summed E-state index contributed by atoms with van der Waals surface area (Å²) >= 11 is 0. The van der Waals surface area contributed by atoms with Crippen molar-refractivity contribution in [1.82, 2.24) is 10.6 Å². The summed E-state index contributed by atoms with van der Waals surface area (Å²) in [5, 5.41) is 7.22. The largest absolute Gasteiger partial charge is 0.316 e. The predicted molar refractivity (Wildman–Crippen MR) is 119 cm³/mol. The Morgan fingerprint density at radius 1 is 0.556 bits per heavy atom. The molecule has 2 rings (SSSR count). The molecule has 0 saturated heterocycles. The zero-order chi connectivity index (χ0) is 19.2. The van der Waals surface area contributed by atoms with Gasteiger partial charge in [0.05, 0.1) is 0 Å². The molecule has 27 heavy (non-hydrogen) atoms. The van der Waals surface area contributed by atoms with Gasteiger partial charge in [-0.2, -0.15) is 0 Å². The zero-order valence-corrected chi connectivity index (χ0v) is 17.3. The van der Waals surface area contributed by atoms with Crippen LogP contribution in [0.4, 0.5) is 0 Å². The molecule has 0 aliphatic heterocycles. The van der Waals surface area contributed by atoms with Crippen LogP contribution in [0.3, 0.4) is 0 Å². The molecule has 0 aromatic heterocycles. The van der Waals surface area contributed by atoms with Gasteiger partial charge in [-0.05, 0) is 48.9 Å². The molecule has 2 aromatic rings. The Labute approximate surface area is 166 Å². The minimum Gasteiger partial charge on any atom is -0.316 e. The van der Waals surface area contributed by atoms with Gasteiger partial charge in [0, 0.05) is 13.1 Å². The van der Waals surface area contributed by atoms with E-state index in [1.807, 2.05) is 0 Å². The molecule has 0 spiro atoms. The van der Waals surface area contributed by atoms with Crippen molar-refractivity contribution in [1.29, 1.82) is 0 Å². The molecule has 2 N–H and O–H groups in total. The van der Waals surface area contributed by atoms with Crippen molar-refractivity contribution in [3.05, 3.63) is 71.8 Å². The van der Waals surface area contributed by atoms with Crippen LogP contribution < -0.4 is 10.6 Å². The fraction of sp³-hybridized carbons (Fsp3) is 0.520. The Kier molecular flexibility index (Phi) is 10.8. The number of hydrogen-bond donors (Lipinski definition) is 2. The Bertz CT molecular complexity index is 528. The first-order valence-corrected chi connectivity index (χ1v) is 10.8. The van der Waals surface area contributed by atoms with E-state index in [4.69, 9.17) is 0 Å². The van der Waals surface area contributed by atoms with Gasteiger partial charge in [0.1, 0.15) is 0 Å². The van der Waals surface area contributed by atoms with Crippen LogP contribution in [0.25, 0.3) is 0 Å². The summed E-state index contributed by atoms with van der Waals surface area (Å²) in [4.78, 5) is 0. The quantitative estimate of drug-likeness (QED) is 0.418. The van der Waals surface area contributed by atoms with Crippen molar-refractivity contribution in [2.75, 3.05) is 26.2 Å². The molecule has 2 heteroatoms. The van der Waals surface area contributed by atoms with Crippen molar-refractivity contribution < 1.29 is 0 Å². The second-order valence-electron chi connectivity index (χ2n) is 7.80. The van der Waals surface area contributed by atoms with Gasteiger partial charge in [0.25, 0.3) is 0 Å². The van der Waals surface area contributed by atoms with Crippen LogP contribution in [0.2, 0.25) is 0 Å². The smallest absolute Gasteiger partial charge is 0.00174 e. The van der Waals surface area contributed by atoms with E-state index < -0.39 is 0 Å². The molecule has 0 saturated carbocycles. The molecule has 0 aliphatic rings. The minimum atomic E-state index is 0.593. The van der Waals surface area contributed by atoms with Crippen LogP contribution in [-0.4, -0.2) is 26.2 Å². The van der Waals surface area contributed by atoms with Gasteiger partial charge in [-0.15, -0.1) is 0 Å². The van der Waals surface area contributed by atoms with Crippen molar-refractivity contribution >= 4 is 0 Å². The number of benzene rings is 2. The van der Waals surface area contributed by atoms with E-state index in [0.717, 1.165) is 26.2 Å². The number of hydrogen-bond acceptors (Lipinski definition) is 2. The third-order valence-corrected chi connectivity index (χ3v) is 5.35. The fourth-order valence-electron chi connectivity index (χ4n) is 3.47. The fourth-order valence-corrected chi connectivity index (χ4v) is 3.47. The molecule has 0 aliphatic carbocycles. The molecule has 0 radical (unpaired) electrons. The highest BCUT2D eigenvalue weighted by molar-refractivity contribution is 5.19. The molecule has 0 unspecified atom stereocenters. The summed E-state index contributed by atoms with van der Waals surface area (Å²) in [6.07, 6.45) is 6.62. The lowest BCUT2D eigenvalue weighted by Crippen LogP contribution is -2.21. The summed E-state index contributed by atoms with van der Waals surface area (Å²) in [7, 11) is 0. The molecule has 2 aromatic carbocycles. The molecule has 2 nitrogen and oxygen atoms in total. The molecule has 148 valence electrons. The highest BCUT2D eigenvalue weighted by Crippen LogP contribution is 2.14. The van der Waals surface area contributed by atoms with Crippen molar-refractivity contribution in [3.8, 4) is 0 Å². The third-order valence-electron chi connectivity index (χ3n) is 5.35. The number of unbranched alkanes of at least 4 members (excludes halogenated alkanes) is 4. The average Bonchev–Trinajstić information content (AvgIpc) is 2.73. The lowest BCUT2D eigenvalue weighted by molar-refractivity contribution is 0.536. The molecule has 0 fully saturated rings. The first-order chi connectivity index (χ1) is 13.3. The molecule has 0 bridgehead atoms. The predicted octanol–water partition coefficient (Wildman–Crippen LogP) is 5.72. The van der Waals surface area contributed by atoms with Gasteiger partial charge in [-0.1, -0.05) is 93.8 Å². The van der Waals surface area contributed by atoms with Gasteiger partial charge < -0.3 is 10.6 Å². The van der Waals surface area contributed by atoms with Crippen LogP contribution in [0.15, 0.2) is 60.7 Å². The molecule has 0 heterocycles. The Morgan fingerprint density at radius 3 is 1.33 bits per heavy atom. The Morgan fingerprint density at radius 2 is 0.926 bits per heavy atom. The van der Waals surface area contributed by atoms with E-state index >= 15 is 0 Å². The van der Waals surface area contributed by atoms with Crippen molar-refractivity contribution in [2.45, 2.75) is 57.8 Å². The molecular formula is C25H38N2. The van der Waals surface area contributed by atoms with Gasteiger partial charge in [-0.3, -0.25) is 0 Å². The van der Waals surface area contributed by atoms with Gasteiger partial charge in [0.15, 0.2) is 0 Å². The van der Waals surface area contributed by atoms with Crippen LogP contribution in [0.1, 0.15) is 68.9 Å². The first kappa shape index (κ1) is 21.7. The van der Waals surface area contributed by atoms with Crippen LogP contribution in [0, 0.1) is 0 Å². The number of rotatable bonds is 14. The SMILES string of the molecule is C[C@@H](CNCCCCCCCNC[C@H](C)c1ccccc1)c1ccccc1. The third kappa shape index (κ3) is 9.21. The van der Waals surface area contributed by atoms with E-state index in [1.54, 1.807) is 0 Å². The minimum absolute atomic E-state index is 0.593. The lowest BCUT2D eigenvalue weighted by atomic mass is 10.0. The summed E-state index contributed by atoms with van der Waals surface area (Å²) in [6, 6.07) is 21.6. The second kappa shape index (κ2) is 13.5. The number of nitrogens with one attached hydrogen (secondary N) is 2. The zero-order valence-electron chi connectivity index (χ0n) is 17.3. The van der Waals surface area contributed by atoms with E-state index in [0.29, 0.717) is 11.8 Å². The van der Waals surface area contributed by atoms with E-state index in [-0.39, 0.29) is 0 Å². The standard InChI is InChI=1S/C25H38N2/c1-22(24-14-8-6-9-15-24)20-26-18-12-4-3-5-13-19-27-21-23(2)25-16-10-7-11-17-25/h6-11,14-17,22-23,26-27H,3-5,12-13,18-21H2,1-2H3/t22-,23-/m0/s1. The topological polar surface area (TPSA) is 24.1 Å². The average molecular weight is 367 g/mol. The van der Waals surface area contributed by atoms with Crippen LogP contribution >= 0.6 is 0 Å². The highest BCUT2D eigenvalue weighted by atomic mass is 14.9. The normalized spacial score (nSPS) is 13.4. The monoisotopic (exact) mass is 366 g/mol. The summed E-state index contributed by atoms with van der Waals surface area (Å²) in [6.45, 7) is 9.04. The maximum atomic E-state index is 3.61.